The van der Waals surface area contributed by atoms with Gasteiger partial charge in [-0.1, -0.05) is 52.9 Å². The topological polar surface area (TPSA) is 88.5 Å². The second-order valence-corrected chi connectivity index (χ2v) is 12.4. The highest BCUT2D eigenvalue weighted by atomic mass is 35.5. The van der Waals surface area contributed by atoms with E-state index in [1.54, 1.807) is 24.3 Å². The Morgan fingerprint density at radius 1 is 0.953 bits per heavy atom. The van der Waals surface area contributed by atoms with Crippen molar-refractivity contribution in [3.63, 3.8) is 0 Å². The molecule has 0 radical (unpaired) electrons. The number of halogens is 5. The molecule has 7 nitrogen and oxygen atoms in total. The van der Waals surface area contributed by atoms with E-state index in [1.807, 2.05) is 0 Å². The molecule has 4 aromatic rings. The minimum Gasteiger partial charge on any atom is -0.325 e. The summed E-state index contributed by atoms with van der Waals surface area (Å²) in [6.45, 7) is -0.409. The predicted molar refractivity (Wildman–Crippen MR) is 154 cm³/mol. The zero-order valence-corrected chi connectivity index (χ0v) is 24.0. The molecule has 0 aliphatic carbocycles. The number of rotatable bonds is 5. The third-order valence-electron chi connectivity index (χ3n) is 7.14. The van der Waals surface area contributed by atoms with Crippen LogP contribution in [0.5, 0.6) is 0 Å². The largest absolute Gasteiger partial charge is 0.416 e. The van der Waals surface area contributed by atoms with Crippen LogP contribution in [0.3, 0.4) is 0 Å². The molecule has 3 heterocycles. The monoisotopic (exact) mass is 647 g/mol. The van der Waals surface area contributed by atoms with Crippen molar-refractivity contribution in [2.75, 3.05) is 10.2 Å². The van der Waals surface area contributed by atoms with Crippen LogP contribution >= 0.6 is 34.7 Å². The number of hydrogen-bond donors (Lipinski definition) is 1. The molecular weight excluding hydrogens is 630 g/mol. The van der Waals surface area contributed by atoms with Gasteiger partial charge in [-0.2, -0.15) is 13.2 Å². The molecule has 220 valence electrons. The molecule has 1 aromatic heterocycles. The molecular formula is C29H18ClF4N3O4S2. The van der Waals surface area contributed by atoms with Crippen molar-refractivity contribution in [1.82, 2.24) is 4.57 Å². The van der Waals surface area contributed by atoms with Gasteiger partial charge in [-0.15, -0.1) is 0 Å². The minimum atomic E-state index is -4.70. The van der Waals surface area contributed by atoms with Gasteiger partial charge >= 0.3 is 11.0 Å². The van der Waals surface area contributed by atoms with Gasteiger partial charge in [0, 0.05) is 21.5 Å². The van der Waals surface area contributed by atoms with Crippen LogP contribution in [0.4, 0.5) is 28.9 Å². The number of amides is 3. The fraction of sp³-hybridized carbons (Fsp3) is 0.172. The molecule has 14 heteroatoms. The number of carbonyl (C=O) groups excluding carboxylic acids is 3. The van der Waals surface area contributed by atoms with Gasteiger partial charge in [0.2, 0.25) is 17.7 Å². The molecule has 3 atom stereocenters. The Labute approximate surface area is 254 Å². The number of fused-ring (bicyclic) bond motifs is 2. The summed E-state index contributed by atoms with van der Waals surface area (Å²) in [7, 11) is 0. The van der Waals surface area contributed by atoms with Gasteiger partial charge in [0.15, 0.2) is 0 Å². The number of benzene rings is 3. The van der Waals surface area contributed by atoms with Crippen LogP contribution in [0.2, 0.25) is 5.02 Å². The molecule has 0 spiro atoms. The lowest BCUT2D eigenvalue weighted by molar-refractivity contribution is -0.137. The summed E-state index contributed by atoms with van der Waals surface area (Å²) >= 11 is 7.60. The number of imide groups is 1. The number of thioether (sulfide) groups is 1. The SMILES string of the molecule is O=C(Cn1c2c(sc1=O)[C@@H](c1ccc(F)cc1)C1C(=O)N(c3cccc(C(F)(F)F)c3)C(=O)C1S2)Nc1ccc(Cl)cc1. The number of carbonyl (C=O) groups is 3. The first-order chi connectivity index (χ1) is 20.4. The van der Waals surface area contributed by atoms with Crippen molar-refractivity contribution in [2.24, 2.45) is 5.92 Å². The van der Waals surface area contributed by atoms with Gasteiger partial charge in [0.25, 0.3) is 0 Å². The van der Waals surface area contributed by atoms with Crippen LogP contribution in [0, 0.1) is 11.7 Å². The van der Waals surface area contributed by atoms with Crippen molar-refractivity contribution < 1.29 is 31.9 Å². The van der Waals surface area contributed by atoms with Gasteiger partial charge in [-0.25, -0.2) is 9.29 Å². The van der Waals surface area contributed by atoms with Crippen LogP contribution in [0.15, 0.2) is 82.6 Å². The second-order valence-electron chi connectivity index (χ2n) is 9.83. The molecule has 6 rings (SSSR count). The average molecular weight is 648 g/mol. The lowest BCUT2D eigenvalue weighted by Gasteiger charge is -2.30. The van der Waals surface area contributed by atoms with E-state index in [0.717, 1.165) is 46.2 Å². The van der Waals surface area contributed by atoms with Gasteiger partial charge in [-0.05, 0) is 60.2 Å². The third kappa shape index (κ3) is 5.36. The minimum absolute atomic E-state index is 0.235. The van der Waals surface area contributed by atoms with E-state index in [1.165, 1.54) is 34.9 Å². The smallest absolute Gasteiger partial charge is 0.325 e. The third-order valence-corrected chi connectivity index (χ3v) is 10.00. The van der Waals surface area contributed by atoms with Crippen molar-refractivity contribution in [3.8, 4) is 0 Å². The maximum atomic E-state index is 13.9. The van der Waals surface area contributed by atoms with Crippen LogP contribution in [-0.2, 0) is 27.1 Å². The van der Waals surface area contributed by atoms with E-state index in [-0.39, 0.29) is 10.7 Å². The summed E-state index contributed by atoms with van der Waals surface area (Å²) in [5, 5.41) is 2.30. The fourth-order valence-corrected chi connectivity index (χ4v) is 8.14. The number of aromatic nitrogens is 1. The number of anilines is 2. The van der Waals surface area contributed by atoms with E-state index in [2.05, 4.69) is 5.32 Å². The highest BCUT2D eigenvalue weighted by Crippen LogP contribution is 2.54. The van der Waals surface area contributed by atoms with Gasteiger partial charge in [0.1, 0.15) is 17.6 Å². The number of alkyl halides is 3. The fourth-order valence-electron chi connectivity index (χ4n) is 5.24. The Hall–Kier alpha value is -3.94. The molecule has 2 unspecified atom stereocenters. The van der Waals surface area contributed by atoms with Crippen LogP contribution < -0.4 is 15.1 Å². The Balaban J connectivity index is 1.40. The van der Waals surface area contributed by atoms with Gasteiger partial charge < -0.3 is 5.32 Å². The highest BCUT2D eigenvalue weighted by molar-refractivity contribution is 8.00. The van der Waals surface area contributed by atoms with Crippen LogP contribution in [0.1, 0.15) is 21.9 Å². The molecule has 2 aliphatic rings. The molecule has 2 aliphatic heterocycles. The lowest BCUT2D eigenvalue weighted by atomic mass is 9.83. The standard InChI is InChI=1S/C29H18ClF4N3O4S2/c30-16-6-10-18(11-7-16)35-20(38)13-36-27-24(43-28(36)41)21(14-4-8-17(31)9-5-14)22-23(42-27)26(40)37(25(22)39)19-3-1-2-15(12-19)29(32,33)34/h1-12,21-23H,13H2,(H,35,38)/t21-,22?,23?/m0/s1. The predicted octanol–water partition coefficient (Wildman–Crippen LogP) is 6.16. The molecule has 1 saturated heterocycles. The van der Waals surface area contributed by atoms with Crippen molar-refractivity contribution in [1.29, 1.82) is 0 Å². The van der Waals surface area contributed by atoms with Gasteiger partial charge in [-0.3, -0.25) is 23.7 Å². The highest BCUT2D eigenvalue weighted by Gasteiger charge is 2.57. The molecule has 1 N–H and O–H groups in total. The summed E-state index contributed by atoms with van der Waals surface area (Å²) in [6, 6.07) is 15.5. The zero-order chi connectivity index (χ0) is 30.6. The Morgan fingerprint density at radius 2 is 1.65 bits per heavy atom. The van der Waals surface area contributed by atoms with E-state index >= 15 is 0 Å². The molecule has 1 fully saturated rings. The van der Waals surface area contributed by atoms with Crippen LogP contribution in [0.25, 0.3) is 0 Å². The summed E-state index contributed by atoms with van der Waals surface area (Å²) in [5.41, 5.74) is -0.385. The first-order valence-corrected chi connectivity index (χ1v) is 14.8. The second kappa shape index (κ2) is 11.0. The summed E-state index contributed by atoms with van der Waals surface area (Å²) in [5.74, 6) is -4.57. The Morgan fingerprint density at radius 3 is 2.33 bits per heavy atom. The van der Waals surface area contributed by atoms with E-state index in [9.17, 15) is 36.7 Å². The van der Waals surface area contributed by atoms with Gasteiger partial charge in [0.05, 0.1) is 22.2 Å². The molecule has 3 aromatic carbocycles. The number of hydrogen-bond acceptors (Lipinski definition) is 6. The maximum absolute atomic E-state index is 13.9. The number of nitrogens with zero attached hydrogens (tertiary/aromatic N) is 2. The molecule has 3 amide bonds. The van der Waals surface area contributed by atoms with Crippen molar-refractivity contribution in [2.45, 2.75) is 28.9 Å². The Kier molecular flexibility index (Phi) is 7.43. The normalized spacial score (nSPS) is 19.7. The first kappa shape index (κ1) is 29.1. The number of nitrogens with one attached hydrogen (secondary N) is 1. The van der Waals surface area contributed by atoms with Crippen molar-refractivity contribution in [3.05, 3.63) is 109 Å². The maximum Gasteiger partial charge on any atom is 0.416 e. The van der Waals surface area contributed by atoms with E-state index in [4.69, 9.17) is 11.6 Å². The molecule has 0 saturated carbocycles. The lowest BCUT2D eigenvalue weighted by Crippen LogP contribution is -2.33. The van der Waals surface area contributed by atoms with E-state index in [0.29, 0.717) is 21.2 Å². The van der Waals surface area contributed by atoms with E-state index < -0.39 is 63.8 Å². The molecule has 43 heavy (non-hydrogen) atoms. The average Bonchev–Trinajstić information content (AvgIpc) is 3.40. The number of thiazole rings is 1. The Bertz CT molecular complexity index is 1820. The summed E-state index contributed by atoms with van der Waals surface area (Å²) in [4.78, 5) is 54.3. The molecule has 0 bridgehead atoms. The van der Waals surface area contributed by atoms with Crippen molar-refractivity contribution >= 4 is 63.8 Å². The quantitative estimate of drug-likeness (QED) is 0.207. The first-order valence-electron chi connectivity index (χ1n) is 12.7. The summed E-state index contributed by atoms with van der Waals surface area (Å²) in [6.07, 6.45) is -4.70. The zero-order valence-electron chi connectivity index (χ0n) is 21.6. The van der Waals surface area contributed by atoms with Crippen LogP contribution in [-0.4, -0.2) is 27.5 Å². The summed E-state index contributed by atoms with van der Waals surface area (Å²) < 4.78 is 55.4.